The highest BCUT2D eigenvalue weighted by molar-refractivity contribution is 7.80. The van der Waals surface area contributed by atoms with Gasteiger partial charge in [-0.3, -0.25) is 0 Å². The first-order valence-electron chi connectivity index (χ1n) is 3.64. The number of hydrogen-bond donors (Lipinski definition) is 2. The number of hydrogen-bond acceptors (Lipinski definition) is 2. The average molecular weight is 181 g/mol. The molecule has 12 heavy (non-hydrogen) atoms. The van der Waals surface area contributed by atoms with Crippen LogP contribution in [0.3, 0.4) is 0 Å². The van der Waals surface area contributed by atoms with Crippen molar-refractivity contribution in [3.05, 3.63) is 23.9 Å². The van der Waals surface area contributed by atoms with Crippen molar-refractivity contribution in [1.29, 1.82) is 0 Å². The summed E-state index contributed by atoms with van der Waals surface area (Å²) in [6, 6.07) is 3.87. The van der Waals surface area contributed by atoms with Gasteiger partial charge in [-0.1, -0.05) is 6.07 Å². The third kappa shape index (κ3) is 2.17. The Balaban J connectivity index is 2.75. The van der Waals surface area contributed by atoms with Crippen LogP contribution in [0.4, 0.5) is 5.82 Å². The van der Waals surface area contributed by atoms with Crippen molar-refractivity contribution >= 4 is 23.1 Å². The van der Waals surface area contributed by atoms with Crippen LogP contribution in [0, 0.1) is 6.92 Å². The van der Waals surface area contributed by atoms with E-state index in [0.717, 1.165) is 11.4 Å². The van der Waals surface area contributed by atoms with Gasteiger partial charge in [0, 0.05) is 13.2 Å². The lowest BCUT2D eigenvalue weighted by Crippen LogP contribution is -2.25. The van der Waals surface area contributed by atoms with E-state index in [2.05, 4.69) is 15.6 Å². The molecule has 0 saturated carbocycles. The molecule has 0 fully saturated rings. The third-order valence-corrected chi connectivity index (χ3v) is 1.77. The number of rotatable bonds is 1. The molecular formula is C8H11N3S. The van der Waals surface area contributed by atoms with Gasteiger partial charge in [0.15, 0.2) is 5.11 Å². The molecule has 0 radical (unpaired) electrons. The van der Waals surface area contributed by atoms with Crippen molar-refractivity contribution in [1.82, 2.24) is 10.3 Å². The van der Waals surface area contributed by atoms with Crippen LogP contribution in [0.2, 0.25) is 0 Å². The number of anilines is 1. The number of aryl methyl sites for hydroxylation is 1. The molecule has 0 aliphatic rings. The molecule has 0 aromatic carbocycles. The quantitative estimate of drug-likeness (QED) is 0.640. The first-order chi connectivity index (χ1) is 5.74. The van der Waals surface area contributed by atoms with Gasteiger partial charge in [-0.05, 0) is 30.8 Å². The SMILES string of the molecule is CNC(=S)Nc1ncccc1C. The Labute approximate surface area is 77.2 Å². The van der Waals surface area contributed by atoms with Crippen LogP contribution >= 0.6 is 12.2 Å². The molecule has 1 aromatic rings. The van der Waals surface area contributed by atoms with Crippen LogP contribution in [0.5, 0.6) is 0 Å². The van der Waals surface area contributed by atoms with Crippen LogP contribution in [0.1, 0.15) is 5.56 Å². The van der Waals surface area contributed by atoms with E-state index in [1.807, 2.05) is 19.1 Å². The van der Waals surface area contributed by atoms with Gasteiger partial charge in [-0.25, -0.2) is 4.98 Å². The first-order valence-corrected chi connectivity index (χ1v) is 4.05. The van der Waals surface area contributed by atoms with Gasteiger partial charge in [0.1, 0.15) is 5.82 Å². The Morgan fingerprint density at radius 3 is 2.92 bits per heavy atom. The van der Waals surface area contributed by atoms with E-state index in [9.17, 15) is 0 Å². The van der Waals surface area contributed by atoms with E-state index in [1.165, 1.54) is 0 Å². The number of pyridine rings is 1. The summed E-state index contributed by atoms with van der Waals surface area (Å²) in [6.45, 7) is 1.98. The molecule has 2 N–H and O–H groups in total. The van der Waals surface area contributed by atoms with Crippen molar-refractivity contribution in [2.24, 2.45) is 0 Å². The zero-order chi connectivity index (χ0) is 8.97. The highest BCUT2D eigenvalue weighted by Gasteiger charge is 1.98. The zero-order valence-electron chi connectivity index (χ0n) is 7.09. The average Bonchev–Trinajstić information content (AvgIpc) is 2.09. The summed E-state index contributed by atoms with van der Waals surface area (Å²) in [5, 5.41) is 6.37. The number of nitrogens with zero attached hydrogens (tertiary/aromatic N) is 1. The van der Waals surface area contributed by atoms with Gasteiger partial charge in [0.05, 0.1) is 0 Å². The van der Waals surface area contributed by atoms with Gasteiger partial charge in [-0.2, -0.15) is 0 Å². The van der Waals surface area contributed by atoms with Gasteiger partial charge >= 0.3 is 0 Å². The van der Waals surface area contributed by atoms with E-state index in [4.69, 9.17) is 12.2 Å². The predicted molar refractivity (Wildman–Crippen MR) is 54.3 cm³/mol. The fourth-order valence-corrected chi connectivity index (χ4v) is 0.883. The molecule has 1 aromatic heterocycles. The molecule has 0 saturated heterocycles. The van der Waals surface area contributed by atoms with E-state index in [-0.39, 0.29) is 0 Å². The normalized spacial score (nSPS) is 9.17. The zero-order valence-corrected chi connectivity index (χ0v) is 7.90. The molecule has 0 bridgehead atoms. The lowest BCUT2D eigenvalue weighted by molar-refractivity contribution is 1.18. The van der Waals surface area contributed by atoms with Gasteiger partial charge in [0.25, 0.3) is 0 Å². The van der Waals surface area contributed by atoms with Gasteiger partial charge in [-0.15, -0.1) is 0 Å². The van der Waals surface area contributed by atoms with E-state index < -0.39 is 0 Å². The minimum absolute atomic E-state index is 0.580. The van der Waals surface area contributed by atoms with E-state index in [1.54, 1.807) is 13.2 Å². The number of nitrogens with one attached hydrogen (secondary N) is 2. The predicted octanol–water partition coefficient (Wildman–Crippen LogP) is 1.31. The smallest absolute Gasteiger partial charge is 0.171 e. The molecule has 4 heteroatoms. The second-order valence-electron chi connectivity index (χ2n) is 2.37. The van der Waals surface area contributed by atoms with Gasteiger partial charge in [0.2, 0.25) is 0 Å². The Bertz CT molecular complexity index is 285. The number of aromatic nitrogens is 1. The van der Waals surface area contributed by atoms with E-state index in [0.29, 0.717) is 5.11 Å². The van der Waals surface area contributed by atoms with Crippen molar-refractivity contribution in [3.63, 3.8) is 0 Å². The van der Waals surface area contributed by atoms with Crippen LogP contribution in [-0.4, -0.2) is 17.1 Å². The monoisotopic (exact) mass is 181 g/mol. The molecule has 0 aliphatic carbocycles. The molecule has 0 aliphatic heterocycles. The topological polar surface area (TPSA) is 37.0 Å². The second kappa shape index (κ2) is 4.01. The molecule has 0 spiro atoms. The minimum atomic E-state index is 0.580. The molecule has 64 valence electrons. The van der Waals surface area contributed by atoms with Crippen LogP contribution in [-0.2, 0) is 0 Å². The highest BCUT2D eigenvalue weighted by atomic mass is 32.1. The van der Waals surface area contributed by atoms with Gasteiger partial charge < -0.3 is 10.6 Å². The maximum atomic E-state index is 4.93. The van der Waals surface area contributed by atoms with Crippen LogP contribution in [0.15, 0.2) is 18.3 Å². The lowest BCUT2D eigenvalue weighted by Gasteiger charge is -2.07. The summed E-state index contributed by atoms with van der Waals surface area (Å²) in [7, 11) is 1.77. The molecule has 3 nitrogen and oxygen atoms in total. The summed E-state index contributed by atoms with van der Waals surface area (Å²) in [5.74, 6) is 0.803. The van der Waals surface area contributed by atoms with E-state index >= 15 is 0 Å². The number of thiocarbonyl (C=S) groups is 1. The van der Waals surface area contributed by atoms with Crippen molar-refractivity contribution in [2.75, 3.05) is 12.4 Å². The summed E-state index contributed by atoms with van der Waals surface area (Å²) in [4.78, 5) is 4.13. The maximum Gasteiger partial charge on any atom is 0.171 e. The van der Waals surface area contributed by atoms with Crippen LogP contribution in [0.25, 0.3) is 0 Å². The molecule has 1 rings (SSSR count). The lowest BCUT2D eigenvalue weighted by atomic mass is 10.3. The summed E-state index contributed by atoms with van der Waals surface area (Å²) in [5.41, 5.74) is 1.08. The first kappa shape index (κ1) is 8.93. The third-order valence-electron chi connectivity index (χ3n) is 1.47. The second-order valence-corrected chi connectivity index (χ2v) is 2.78. The molecular weight excluding hydrogens is 170 g/mol. The molecule has 1 heterocycles. The maximum absolute atomic E-state index is 4.93. The van der Waals surface area contributed by atoms with Crippen molar-refractivity contribution in [2.45, 2.75) is 6.92 Å². The van der Waals surface area contributed by atoms with Crippen molar-refractivity contribution in [3.8, 4) is 0 Å². The highest BCUT2D eigenvalue weighted by Crippen LogP contribution is 2.08. The molecule has 0 unspecified atom stereocenters. The van der Waals surface area contributed by atoms with Crippen LogP contribution < -0.4 is 10.6 Å². The molecule has 0 amide bonds. The Hall–Kier alpha value is -1.16. The minimum Gasteiger partial charge on any atom is -0.365 e. The molecule has 0 atom stereocenters. The summed E-state index contributed by atoms with van der Waals surface area (Å²) < 4.78 is 0. The largest absolute Gasteiger partial charge is 0.365 e. The summed E-state index contributed by atoms with van der Waals surface area (Å²) in [6.07, 6.45) is 1.73. The Kier molecular flexibility index (Phi) is 2.99. The Morgan fingerprint density at radius 1 is 1.58 bits per heavy atom. The summed E-state index contributed by atoms with van der Waals surface area (Å²) >= 11 is 4.93. The fraction of sp³-hybridized carbons (Fsp3) is 0.250. The Morgan fingerprint density at radius 2 is 2.33 bits per heavy atom. The standard InChI is InChI=1S/C8H11N3S/c1-6-4-3-5-10-7(6)11-8(12)9-2/h3-5H,1-2H3,(H2,9,10,11,12). The fourth-order valence-electron chi connectivity index (χ4n) is 0.787. The van der Waals surface area contributed by atoms with Crippen molar-refractivity contribution < 1.29 is 0 Å².